The predicted octanol–water partition coefficient (Wildman–Crippen LogP) is 4.76. The molecule has 3 rings (SSSR count). The highest BCUT2D eigenvalue weighted by atomic mass is 19.4. The fourth-order valence-corrected chi connectivity index (χ4v) is 2.80. The minimum Gasteiger partial charge on any atom is -0.358 e. The molecule has 2 aromatic carbocycles. The molecule has 0 bridgehead atoms. The number of halogens is 3. The van der Waals surface area contributed by atoms with Crippen molar-refractivity contribution in [2.75, 3.05) is 5.43 Å². The summed E-state index contributed by atoms with van der Waals surface area (Å²) in [7, 11) is 0. The van der Waals surface area contributed by atoms with Crippen molar-refractivity contribution in [2.45, 2.75) is 13.1 Å². The summed E-state index contributed by atoms with van der Waals surface area (Å²) in [5, 5.41) is 27.0. The van der Waals surface area contributed by atoms with Gasteiger partial charge < -0.3 is 4.98 Å². The minimum absolute atomic E-state index is 0.224. The molecule has 150 valence electrons. The van der Waals surface area contributed by atoms with Gasteiger partial charge in [-0.1, -0.05) is 18.2 Å². The van der Waals surface area contributed by atoms with Crippen LogP contribution in [-0.4, -0.2) is 21.0 Å². The second kappa shape index (κ2) is 7.22. The van der Waals surface area contributed by atoms with Crippen molar-refractivity contribution in [3.05, 3.63) is 73.4 Å². The zero-order chi connectivity index (χ0) is 21.3. The number of alkyl halides is 3. The fourth-order valence-electron chi connectivity index (χ4n) is 2.80. The van der Waals surface area contributed by atoms with Gasteiger partial charge in [-0.15, -0.1) is 0 Å². The van der Waals surface area contributed by atoms with E-state index in [-0.39, 0.29) is 12.1 Å². The third-order valence-corrected chi connectivity index (χ3v) is 4.13. The van der Waals surface area contributed by atoms with E-state index in [1.165, 1.54) is 6.21 Å². The molecule has 1 aromatic heterocycles. The van der Waals surface area contributed by atoms with Crippen molar-refractivity contribution < 1.29 is 23.0 Å². The van der Waals surface area contributed by atoms with Crippen LogP contribution in [0.25, 0.3) is 10.9 Å². The SMILES string of the molecule is Cc1[nH]c2ccccc2c1C=NNc1c([N+](=O)[O-])cc(C(F)(F)F)cc1[N+](=O)[O-]. The van der Waals surface area contributed by atoms with E-state index in [0.717, 1.165) is 10.9 Å². The third-order valence-electron chi connectivity index (χ3n) is 4.13. The molecule has 9 nitrogen and oxygen atoms in total. The molecule has 0 aliphatic carbocycles. The molecule has 0 unspecified atom stereocenters. The van der Waals surface area contributed by atoms with Gasteiger partial charge in [-0.3, -0.25) is 25.7 Å². The number of hydrogen-bond donors (Lipinski definition) is 2. The molecule has 0 amide bonds. The average Bonchev–Trinajstić information content (AvgIpc) is 2.95. The van der Waals surface area contributed by atoms with E-state index >= 15 is 0 Å². The molecule has 1 heterocycles. The number of benzene rings is 2. The highest BCUT2D eigenvalue weighted by Crippen LogP contribution is 2.41. The summed E-state index contributed by atoms with van der Waals surface area (Å²) < 4.78 is 38.8. The first-order valence-electron chi connectivity index (χ1n) is 8.00. The summed E-state index contributed by atoms with van der Waals surface area (Å²) in [4.78, 5) is 23.2. The predicted molar refractivity (Wildman–Crippen MR) is 99.0 cm³/mol. The van der Waals surface area contributed by atoms with Crippen molar-refractivity contribution in [3.63, 3.8) is 0 Å². The number of nitrogens with zero attached hydrogens (tertiary/aromatic N) is 3. The van der Waals surface area contributed by atoms with E-state index in [9.17, 15) is 33.4 Å². The molecule has 0 spiro atoms. The maximum atomic E-state index is 12.9. The topological polar surface area (TPSA) is 126 Å². The van der Waals surface area contributed by atoms with Gasteiger partial charge in [0.25, 0.3) is 0 Å². The number of H-pyrrole nitrogens is 1. The molecule has 29 heavy (non-hydrogen) atoms. The molecule has 2 N–H and O–H groups in total. The summed E-state index contributed by atoms with van der Waals surface area (Å²) in [5.41, 5.74) is -0.180. The molecule has 0 aliphatic rings. The van der Waals surface area contributed by atoms with Crippen LogP contribution >= 0.6 is 0 Å². The number of aromatic amines is 1. The van der Waals surface area contributed by atoms with Gasteiger partial charge in [0.05, 0.1) is 21.6 Å². The van der Waals surface area contributed by atoms with E-state index in [4.69, 9.17) is 0 Å². The maximum absolute atomic E-state index is 12.9. The molecule has 0 aliphatic heterocycles. The van der Waals surface area contributed by atoms with Crippen LogP contribution in [-0.2, 0) is 6.18 Å². The number of hydrogen-bond acceptors (Lipinski definition) is 6. The molecule has 0 atom stereocenters. The number of nitro groups is 2. The lowest BCUT2D eigenvalue weighted by Crippen LogP contribution is -2.09. The molecule has 0 saturated carbocycles. The monoisotopic (exact) mass is 407 g/mol. The Morgan fingerprint density at radius 1 is 1.10 bits per heavy atom. The van der Waals surface area contributed by atoms with Gasteiger partial charge in [0.1, 0.15) is 0 Å². The largest absolute Gasteiger partial charge is 0.416 e. The van der Waals surface area contributed by atoms with Crippen molar-refractivity contribution in [3.8, 4) is 0 Å². The first-order chi connectivity index (χ1) is 13.6. The molecular formula is C17H12F3N5O4. The Kier molecular flexibility index (Phi) is 4.93. The number of aromatic nitrogens is 1. The maximum Gasteiger partial charge on any atom is 0.416 e. The van der Waals surface area contributed by atoms with Gasteiger partial charge >= 0.3 is 17.6 Å². The van der Waals surface area contributed by atoms with Crippen LogP contribution in [0.15, 0.2) is 41.5 Å². The smallest absolute Gasteiger partial charge is 0.358 e. The first-order valence-corrected chi connectivity index (χ1v) is 8.00. The van der Waals surface area contributed by atoms with Crippen LogP contribution in [0, 0.1) is 27.2 Å². The first kappa shape index (κ1) is 19.8. The van der Waals surface area contributed by atoms with Gasteiger partial charge in [-0.05, 0) is 13.0 Å². The van der Waals surface area contributed by atoms with Crippen molar-refractivity contribution >= 4 is 34.2 Å². The lowest BCUT2D eigenvalue weighted by atomic mass is 10.1. The Hall–Kier alpha value is -3.96. The summed E-state index contributed by atoms with van der Waals surface area (Å²) in [6.07, 6.45) is -3.71. The Balaban J connectivity index is 2.06. The summed E-state index contributed by atoms with van der Waals surface area (Å²) in [6.45, 7) is 1.75. The molecule has 12 heteroatoms. The number of nitro benzene ring substituents is 2. The fraction of sp³-hybridized carbons (Fsp3) is 0.118. The number of rotatable bonds is 5. The third kappa shape index (κ3) is 3.85. The molecular weight excluding hydrogens is 395 g/mol. The minimum atomic E-state index is -4.99. The molecule has 0 radical (unpaired) electrons. The van der Waals surface area contributed by atoms with Crippen molar-refractivity contribution in [1.29, 1.82) is 0 Å². The number of hydrazone groups is 1. The van der Waals surface area contributed by atoms with Crippen LogP contribution in [0.3, 0.4) is 0 Å². The van der Waals surface area contributed by atoms with Crippen LogP contribution in [0.4, 0.5) is 30.2 Å². The quantitative estimate of drug-likeness (QED) is 0.358. The number of aryl methyl sites for hydroxylation is 1. The molecule has 0 saturated heterocycles. The number of para-hydroxylation sites is 1. The van der Waals surface area contributed by atoms with Gasteiger partial charge in [0, 0.05) is 34.3 Å². The average molecular weight is 407 g/mol. The van der Waals surface area contributed by atoms with Gasteiger partial charge in [-0.2, -0.15) is 18.3 Å². The van der Waals surface area contributed by atoms with Gasteiger partial charge in [-0.25, -0.2) is 0 Å². The lowest BCUT2D eigenvalue weighted by Gasteiger charge is -2.09. The summed E-state index contributed by atoms with van der Waals surface area (Å²) >= 11 is 0. The number of fused-ring (bicyclic) bond motifs is 1. The van der Waals surface area contributed by atoms with E-state index < -0.39 is 38.6 Å². The van der Waals surface area contributed by atoms with E-state index in [1.54, 1.807) is 19.1 Å². The zero-order valence-corrected chi connectivity index (χ0v) is 14.6. The van der Waals surface area contributed by atoms with Crippen LogP contribution in [0.2, 0.25) is 0 Å². The normalized spacial score (nSPS) is 11.9. The Bertz CT molecular complexity index is 1120. The molecule has 3 aromatic rings. The standard InChI is InChI=1S/C17H12F3N5O4/c1-9-12(11-4-2-3-5-13(11)22-9)8-21-23-16-14(24(26)27)6-10(17(18,19)20)7-15(16)25(28)29/h2-8,22-23H,1H3. The van der Waals surface area contributed by atoms with Crippen molar-refractivity contribution in [1.82, 2.24) is 4.98 Å². The number of nitrogens with one attached hydrogen (secondary N) is 2. The Morgan fingerprint density at radius 2 is 1.69 bits per heavy atom. The van der Waals surface area contributed by atoms with Crippen LogP contribution < -0.4 is 5.43 Å². The lowest BCUT2D eigenvalue weighted by molar-refractivity contribution is -0.392. The summed E-state index contributed by atoms with van der Waals surface area (Å²) in [5.74, 6) is 0. The van der Waals surface area contributed by atoms with Crippen LogP contribution in [0.1, 0.15) is 16.8 Å². The van der Waals surface area contributed by atoms with Crippen LogP contribution in [0.5, 0.6) is 0 Å². The summed E-state index contributed by atoms with van der Waals surface area (Å²) in [6, 6.07) is 7.66. The highest BCUT2D eigenvalue weighted by Gasteiger charge is 2.37. The second-order valence-electron chi connectivity index (χ2n) is 5.98. The van der Waals surface area contributed by atoms with E-state index in [1.807, 2.05) is 12.1 Å². The van der Waals surface area contributed by atoms with Gasteiger partial charge in [0.15, 0.2) is 0 Å². The Labute approximate surface area is 160 Å². The van der Waals surface area contributed by atoms with Gasteiger partial charge in [0.2, 0.25) is 5.69 Å². The molecule has 0 fully saturated rings. The van der Waals surface area contributed by atoms with E-state index in [0.29, 0.717) is 11.3 Å². The number of anilines is 1. The highest BCUT2D eigenvalue weighted by molar-refractivity contribution is 6.00. The second-order valence-corrected chi connectivity index (χ2v) is 5.98. The Morgan fingerprint density at radius 3 is 2.24 bits per heavy atom. The van der Waals surface area contributed by atoms with Crippen molar-refractivity contribution in [2.24, 2.45) is 5.10 Å². The van der Waals surface area contributed by atoms with E-state index in [2.05, 4.69) is 15.5 Å². The zero-order valence-electron chi connectivity index (χ0n) is 14.6.